The molecule has 1 aromatic carbocycles. The highest BCUT2D eigenvalue weighted by molar-refractivity contribution is 6.36. The predicted octanol–water partition coefficient (Wildman–Crippen LogP) is 3.13. The Morgan fingerprint density at radius 1 is 1.30 bits per heavy atom. The molecule has 3 N–H and O–H groups in total. The van der Waals surface area contributed by atoms with Crippen LogP contribution in [-0.4, -0.2) is 23.5 Å². The summed E-state index contributed by atoms with van der Waals surface area (Å²) in [6.07, 6.45) is -3.08. The minimum absolute atomic E-state index is 0.131. The van der Waals surface area contributed by atoms with Gasteiger partial charge in [-0.05, 0) is 24.3 Å². The van der Waals surface area contributed by atoms with E-state index in [0.29, 0.717) is 11.1 Å². The van der Waals surface area contributed by atoms with E-state index < -0.39 is 17.8 Å². The lowest BCUT2D eigenvalue weighted by atomic mass is 10.3. The van der Waals surface area contributed by atoms with E-state index in [-0.39, 0.29) is 10.7 Å². The highest BCUT2D eigenvalue weighted by atomic mass is 35.5. The Balaban J connectivity index is 2.21. The first kappa shape index (κ1) is 15.0. The number of hydrogen-bond acceptors (Lipinski definition) is 4. The summed E-state index contributed by atoms with van der Waals surface area (Å²) < 4.78 is 37.7. The van der Waals surface area contributed by atoms with Gasteiger partial charge in [0.15, 0.2) is 0 Å². The number of rotatable bonds is 2. The van der Waals surface area contributed by atoms with Gasteiger partial charge in [-0.15, -0.1) is 0 Å². The van der Waals surface area contributed by atoms with Crippen molar-refractivity contribution < 1.29 is 18.3 Å². The molecule has 9 heteroatoms. The number of allylic oxidation sites excluding steroid dienone is 2. The number of aliphatic imine (C=N–C) groups is 1. The smallest absolute Gasteiger partial charge is 0.335 e. The summed E-state index contributed by atoms with van der Waals surface area (Å²) >= 11 is 11.6. The molecule has 1 aromatic rings. The van der Waals surface area contributed by atoms with Crippen molar-refractivity contribution in [3.63, 3.8) is 0 Å². The maximum Gasteiger partial charge on any atom is 0.431 e. The van der Waals surface area contributed by atoms with Gasteiger partial charge in [0, 0.05) is 11.2 Å². The van der Waals surface area contributed by atoms with Gasteiger partial charge < -0.3 is 15.7 Å². The predicted molar refractivity (Wildman–Crippen MR) is 70.8 cm³/mol. The van der Waals surface area contributed by atoms with Crippen LogP contribution in [-0.2, 0) is 0 Å². The van der Waals surface area contributed by atoms with Crippen LogP contribution < -0.4 is 10.6 Å². The van der Waals surface area contributed by atoms with Crippen LogP contribution in [0.4, 0.5) is 18.9 Å². The van der Waals surface area contributed by atoms with Crippen LogP contribution in [0.25, 0.3) is 0 Å². The monoisotopic (exact) mass is 325 g/mol. The summed E-state index contributed by atoms with van der Waals surface area (Å²) in [4.78, 5) is 3.52. The van der Waals surface area contributed by atoms with Gasteiger partial charge in [0.1, 0.15) is 5.70 Å². The average Bonchev–Trinajstić information content (AvgIpc) is 2.32. The molecule has 108 valence electrons. The fourth-order valence-corrected chi connectivity index (χ4v) is 1.94. The van der Waals surface area contributed by atoms with Crippen molar-refractivity contribution in [1.82, 2.24) is 5.32 Å². The van der Waals surface area contributed by atoms with Crippen LogP contribution in [0.3, 0.4) is 0 Å². The maximum atomic E-state index is 12.6. The summed E-state index contributed by atoms with van der Waals surface area (Å²) in [6.45, 7) is 0. The fraction of sp³-hybridized carbons (Fsp3) is 0.182. The van der Waals surface area contributed by atoms with Gasteiger partial charge in [0.2, 0.25) is 0 Å². The Morgan fingerprint density at radius 2 is 2.00 bits per heavy atom. The highest BCUT2D eigenvalue weighted by Gasteiger charge is 2.41. The molecule has 1 unspecified atom stereocenters. The minimum Gasteiger partial charge on any atom is -0.335 e. The van der Waals surface area contributed by atoms with E-state index in [1.165, 1.54) is 18.2 Å². The van der Waals surface area contributed by atoms with Crippen molar-refractivity contribution in [2.24, 2.45) is 4.99 Å². The lowest BCUT2D eigenvalue weighted by Gasteiger charge is -2.31. The average molecular weight is 326 g/mol. The Morgan fingerprint density at radius 3 is 2.60 bits per heavy atom. The largest absolute Gasteiger partial charge is 0.431 e. The third kappa shape index (κ3) is 3.36. The second-order valence-corrected chi connectivity index (χ2v) is 4.75. The van der Waals surface area contributed by atoms with E-state index in [9.17, 15) is 18.3 Å². The quantitative estimate of drug-likeness (QED) is 0.732. The first-order valence-corrected chi connectivity index (χ1v) is 6.02. The standard InChI is InChI=1S/C11H8Cl2F3N3O/c12-6-1-2-8(7(13)5-6)18-11(20)17-4-3-9(19-11)10(14,15)16/h1-5,18-20H. The Kier molecular flexibility index (Phi) is 3.86. The third-order valence-electron chi connectivity index (χ3n) is 2.36. The van der Waals surface area contributed by atoms with E-state index in [2.05, 4.69) is 10.3 Å². The number of alkyl halides is 3. The third-order valence-corrected chi connectivity index (χ3v) is 2.90. The first-order valence-electron chi connectivity index (χ1n) is 5.26. The molecule has 1 aliphatic heterocycles. The van der Waals surface area contributed by atoms with Crippen LogP contribution >= 0.6 is 23.2 Å². The van der Waals surface area contributed by atoms with Crippen LogP contribution in [0, 0.1) is 0 Å². The van der Waals surface area contributed by atoms with Gasteiger partial charge >= 0.3 is 12.1 Å². The van der Waals surface area contributed by atoms with Gasteiger partial charge in [0.25, 0.3) is 0 Å². The molecule has 0 aromatic heterocycles. The van der Waals surface area contributed by atoms with E-state index >= 15 is 0 Å². The number of nitrogens with one attached hydrogen (secondary N) is 2. The molecule has 0 saturated carbocycles. The number of benzene rings is 1. The zero-order valence-electron chi connectivity index (χ0n) is 9.67. The number of nitrogens with zero attached hydrogens (tertiary/aromatic N) is 1. The molecule has 0 fully saturated rings. The van der Waals surface area contributed by atoms with Gasteiger partial charge in [-0.2, -0.15) is 13.2 Å². The maximum absolute atomic E-state index is 12.6. The van der Waals surface area contributed by atoms with E-state index in [1.807, 2.05) is 5.32 Å². The fourth-order valence-electron chi connectivity index (χ4n) is 1.49. The molecule has 0 amide bonds. The molecular weight excluding hydrogens is 318 g/mol. The lowest BCUT2D eigenvalue weighted by molar-refractivity contribution is -0.107. The summed E-state index contributed by atoms with van der Waals surface area (Å²) in [5.74, 6) is -2.35. The normalized spacial score (nSPS) is 22.2. The SMILES string of the molecule is OC1(Nc2ccc(Cl)cc2Cl)N=CC=C(C(F)(F)F)N1. The molecule has 2 rings (SSSR count). The minimum atomic E-state index is -4.63. The molecule has 0 radical (unpaired) electrons. The van der Waals surface area contributed by atoms with Crippen molar-refractivity contribution in [2.75, 3.05) is 5.32 Å². The lowest BCUT2D eigenvalue weighted by Crippen LogP contribution is -2.53. The van der Waals surface area contributed by atoms with Crippen molar-refractivity contribution in [1.29, 1.82) is 0 Å². The zero-order chi connectivity index (χ0) is 15.0. The molecule has 1 atom stereocenters. The van der Waals surface area contributed by atoms with Crippen molar-refractivity contribution >= 4 is 35.1 Å². The van der Waals surface area contributed by atoms with Crippen molar-refractivity contribution in [3.8, 4) is 0 Å². The van der Waals surface area contributed by atoms with Gasteiger partial charge in [-0.3, -0.25) is 0 Å². The molecule has 0 saturated heterocycles. The van der Waals surface area contributed by atoms with Crippen LogP contribution in [0.1, 0.15) is 0 Å². The molecule has 0 aliphatic carbocycles. The summed E-state index contributed by atoms with van der Waals surface area (Å²) in [7, 11) is 0. The van der Waals surface area contributed by atoms with Gasteiger partial charge in [0.05, 0.1) is 10.7 Å². The first-order chi connectivity index (χ1) is 9.20. The van der Waals surface area contributed by atoms with Crippen LogP contribution in [0.2, 0.25) is 10.0 Å². The number of halogens is 5. The molecule has 4 nitrogen and oxygen atoms in total. The Labute approximate surface area is 121 Å². The molecule has 1 aliphatic rings. The number of aliphatic hydroxyl groups is 1. The second-order valence-electron chi connectivity index (χ2n) is 3.90. The summed E-state index contributed by atoms with van der Waals surface area (Å²) in [6, 6.07) is 4.25. The number of hydrogen-bond donors (Lipinski definition) is 3. The Hall–Kier alpha value is -1.44. The van der Waals surface area contributed by atoms with Gasteiger partial charge in [-0.1, -0.05) is 23.2 Å². The molecule has 0 bridgehead atoms. The van der Waals surface area contributed by atoms with E-state index in [0.717, 1.165) is 6.21 Å². The molecular formula is C11H8Cl2F3N3O. The molecule has 20 heavy (non-hydrogen) atoms. The van der Waals surface area contributed by atoms with E-state index in [4.69, 9.17) is 23.2 Å². The number of anilines is 1. The highest BCUT2D eigenvalue weighted by Crippen LogP contribution is 2.30. The molecule has 0 spiro atoms. The summed E-state index contributed by atoms with van der Waals surface area (Å²) in [5, 5.41) is 14.7. The van der Waals surface area contributed by atoms with Gasteiger partial charge in [-0.25, -0.2) is 4.99 Å². The van der Waals surface area contributed by atoms with E-state index in [1.54, 1.807) is 0 Å². The Bertz CT molecular complexity index is 589. The van der Waals surface area contributed by atoms with Crippen LogP contribution in [0.5, 0.6) is 0 Å². The topological polar surface area (TPSA) is 56.6 Å². The summed E-state index contributed by atoms with van der Waals surface area (Å²) in [5.41, 5.74) is -0.959. The van der Waals surface area contributed by atoms with Crippen molar-refractivity contribution in [2.45, 2.75) is 12.1 Å². The zero-order valence-corrected chi connectivity index (χ0v) is 11.2. The van der Waals surface area contributed by atoms with Crippen molar-refractivity contribution in [3.05, 3.63) is 40.0 Å². The molecule has 1 heterocycles. The van der Waals surface area contributed by atoms with Crippen LogP contribution in [0.15, 0.2) is 35.0 Å². The second kappa shape index (κ2) is 5.16.